The molecule has 0 aromatic heterocycles. The van der Waals surface area contributed by atoms with Crippen molar-refractivity contribution in [1.82, 2.24) is 20.4 Å². The first-order chi connectivity index (χ1) is 13.7. The predicted octanol–water partition coefficient (Wildman–Crippen LogP) is 2.97. The van der Waals surface area contributed by atoms with Crippen molar-refractivity contribution in [1.29, 1.82) is 0 Å². The van der Waals surface area contributed by atoms with Crippen molar-refractivity contribution in [2.45, 2.75) is 52.1 Å². The number of carbonyl (C=O) groups is 1. The summed E-state index contributed by atoms with van der Waals surface area (Å²) in [5, 5.41) is 6.80. The highest BCUT2D eigenvalue weighted by molar-refractivity contribution is 14.0. The second-order valence-electron chi connectivity index (χ2n) is 7.76. The number of hydrogen-bond donors (Lipinski definition) is 2. The first kappa shape index (κ1) is 23.9. The third-order valence-electron chi connectivity index (χ3n) is 5.47. The van der Waals surface area contributed by atoms with Gasteiger partial charge >= 0.3 is 0 Å². The van der Waals surface area contributed by atoms with Gasteiger partial charge < -0.3 is 20.4 Å². The molecule has 2 N–H and O–H groups in total. The van der Waals surface area contributed by atoms with Crippen LogP contribution in [0.3, 0.4) is 0 Å². The zero-order chi connectivity index (χ0) is 19.6. The van der Waals surface area contributed by atoms with Gasteiger partial charge in [-0.3, -0.25) is 4.79 Å². The van der Waals surface area contributed by atoms with Crippen LogP contribution in [0.15, 0.2) is 29.3 Å². The van der Waals surface area contributed by atoms with E-state index in [4.69, 9.17) is 4.99 Å². The molecule has 0 atom stereocenters. The van der Waals surface area contributed by atoms with Crippen LogP contribution in [0.4, 0.5) is 0 Å². The van der Waals surface area contributed by atoms with Crippen molar-refractivity contribution in [2.24, 2.45) is 4.99 Å². The monoisotopic (exact) mass is 513 g/mol. The largest absolute Gasteiger partial charge is 0.357 e. The fraction of sp³-hybridized carbons (Fsp3) is 0.636. The fourth-order valence-electron chi connectivity index (χ4n) is 3.95. The van der Waals surface area contributed by atoms with Gasteiger partial charge in [0.1, 0.15) is 0 Å². The average Bonchev–Trinajstić information content (AvgIpc) is 3.12. The topological polar surface area (TPSA) is 60.0 Å². The van der Waals surface area contributed by atoms with Crippen LogP contribution < -0.4 is 10.6 Å². The Bertz CT molecular complexity index is 660. The molecule has 1 aromatic rings. The Morgan fingerprint density at radius 3 is 2.59 bits per heavy atom. The number of nitrogens with zero attached hydrogens (tertiary/aromatic N) is 3. The van der Waals surface area contributed by atoms with Gasteiger partial charge in [-0.2, -0.15) is 0 Å². The highest BCUT2D eigenvalue weighted by Gasteiger charge is 2.19. The Morgan fingerprint density at radius 1 is 1.07 bits per heavy atom. The number of carbonyl (C=O) groups excluding carboxylic acids is 1. The molecule has 0 radical (unpaired) electrons. The summed E-state index contributed by atoms with van der Waals surface area (Å²) < 4.78 is 0. The smallest absolute Gasteiger partial charge is 0.222 e. The lowest BCUT2D eigenvalue weighted by atomic mass is 10.1. The lowest BCUT2D eigenvalue weighted by molar-refractivity contribution is -0.128. The summed E-state index contributed by atoms with van der Waals surface area (Å²) in [4.78, 5) is 21.1. The molecule has 3 rings (SSSR count). The minimum absolute atomic E-state index is 0. The van der Waals surface area contributed by atoms with Gasteiger partial charge in [0.25, 0.3) is 0 Å². The van der Waals surface area contributed by atoms with Crippen LogP contribution in [0, 0.1) is 0 Å². The van der Waals surface area contributed by atoms with E-state index < -0.39 is 0 Å². The molecule has 2 fully saturated rings. The van der Waals surface area contributed by atoms with Crippen molar-refractivity contribution < 1.29 is 4.79 Å². The summed E-state index contributed by atoms with van der Waals surface area (Å²) >= 11 is 0. The number of aliphatic imine (C=N–C) groups is 1. The van der Waals surface area contributed by atoms with E-state index >= 15 is 0 Å². The van der Waals surface area contributed by atoms with E-state index in [1.165, 1.54) is 43.5 Å². The molecule has 2 aliphatic rings. The summed E-state index contributed by atoms with van der Waals surface area (Å²) in [6.45, 7) is 9.62. The molecule has 0 saturated carbocycles. The van der Waals surface area contributed by atoms with Crippen LogP contribution in [0.5, 0.6) is 0 Å². The van der Waals surface area contributed by atoms with E-state index in [1.807, 2.05) is 4.90 Å². The Balaban J connectivity index is 0.00000300. The van der Waals surface area contributed by atoms with Crippen molar-refractivity contribution >= 4 is 35.8 Å². The van der Waals surface area contributed by atoms with Crippen molar-refractivity contribution in [2.75, 3.05) is 39.3 Å². The Labute approximate surface area is 192 Å². The van der Waals surface area contributed by atoms with E-state index in [9.17, 15) is 4.79 Å². The number of nitrogens with one attached hydrogen (secondary N) is 2. The molecule has 162 valence electrons. The van der Waals surface area contributed by atoms with Gasteiger partial charge in [-0.25, -0.2) is 4.99 Å². The summed E-state index contributed by atoms with van der Waals surface area (Å²) in [5.74, 6) is 1.15. The molecule has 1 amide bonds. The summed E-state index contributed by atoms with van der Waals surface area (Å²) in [7, 11) is 0. The van der Waals surface area contributed by atoms with Gasteiger partial charge in [0.15, 0.2) is 5.96 Å². The third kappa shape index (κ3) is 8.12. The molecule has 0 unspecified atom stereocenters. The molecular weight excluding hydrogens is 477 g/mol. The van der Waals surface area contributed by atoms with Crippen LogP contribution in [0.25, 0.3) is 0 Å². The lowest BCUT2D eigenvalue weighted by Gasteiger charge is -2.26. The highest BCUT2D eigenvalue weighted by atomic mass is 127. The van der Waals surface area contributed by atoms with E-state index in [1.54, 1.807) is 0 Å². The molecule has 6 nitrogen and oxygen atoms in total. The highest BCUT2D eigenvalue weighted by Crippen LogP contribution is 2.15. The molecule has 0 aliphatic carbocycles. The predicted molar refractivity (Wildman–Crippen MR) is 130 cm³/mol. The van der Waals surface area contributed by atoms with Crippen molar-refractivity contribution in [3.63, 3.8) is 0 Å². The first-order valence-electron chi connectivity index (χ1n) is 10.8. The van der Waals surface area contributed by atoms with Gasteiger partial charge in [-0.1, -0.05) is 30.7 Å². The van der Waals surface area contributed by atoms with Crippen LogP contribution in [-0.2, 0) is 17.9 Å². The van der Waals surface area contributed by atoms with Crippen LogP contribution in [0.1, 0.15) is 50.2 Å². The van der Waals surface area contributed by atoms with Crippen LogP contribution >= 0.6 is 24.0 Å². The zero-order valence-electron chi connectivity index (χ0n) is 17.7. The maximum absolute atomic E-state index is 11.8. The molecule has 7 heteroatoms. The van der Waals surface area contributed by atoms with Gasteiger partial charge in [0.05, 0.1) is 6.54 Å². The average molecular weight is 513 g/mol. The summed E-state index contributed by atoms with van der Waals surface area (Å²) in [5.41, 5.74) is 2.36. The standard InChI is InChI=1S/C22H35N5O.HI/c1-2-23-22(24-11-15-26-12-4-3-5-13-26)25-17-19-8-6-9-20(16-19)18-27-14-7-10-21(27)28;/h6,8-9,16H,2-5,7,10-15,17-18H2,1H3,(H2,23,24,25);1H. The van der Waals surface area contributed by atoms with Gasteiger partial charge in [0.2, 0.25) is 5.91 Å². The number of guanidine groups is 1. The van der Waals surface area contributed by atoms with E-state index in [-0.39, 0.29) is 29.9 Å². The Morgan fingerprint density at radius 2 is 1.86 bits per heavy atom. The minimum Gasteiger partial charge on any atom is -0.357 e. The van der Waals surface area contributed by atoms with Crippen molar-refractivity contribution in [3.05, 3.63) is 35.4 Å². The Kier molecular flexibility index (Phi) is 10.8. The number of likely N-dealkylation sites (tertiary alicyclic amines) is 2. The lowest BCUT2D eigenvalue weighted by Crippen LogP contribution is -2.42. The maximum Gasteiger partial charge on any atom is 0.222 e. The quantitative estimate of drug-likeness (QED) is 0.319. The van der Waals surface area contributed by atoms with E-state index in [0.29, 0.717) is 19.5 Å². The molecule has 0 bridgehead atoms. The molecule has 0 spiro atoms. The number of hydrogen-bond acceptors (Lipinski definition) is 3. The number of benzene rings is 1. The molecular formula is C22H36IN5O. The molecule has 2 aliphatic heterocycles. The summed E-state index contributed by atoms with van der Waals surface area (Å²) in [6.07, 6.45) is 5.71. The minimum atomic E-state index is 0. The molecule has 29 heavy (non-hydrogen) atoms. The van der Waals surface area contributed by atoms with Crippen LogP contribution in [0.2, 0.25) is 0 Å². The van der Waals surface area contributed by atoms with E-state index in [0.717, 1.165) is 38.6 Å². The summed E-state index contributed by atoms with van der Waals surface area (Å²) in [6, 6.07) is 8.45. The second kappa shape index (κ2) is 13.1. The third-order valence-corrected chi connectivity index (χ3v) is 5.47. The van der Waals surface area contributed by atoms with E-state index in [2.05, 4.69) is 46.7 Å². The number of rotatable bonds is 8. The maximum atomic E-state index is 11.8. The van der Waals surface area contributed by atoms with Gasteiger partial charge in [-0.05, 0) is 50.4 Å². The van der Waals surface area contributed by atoms with Crippen LogP contribution in [-0.4, -0.2) is 60.9 Å². The molecule has 2 saturated heterocycles. The normalized spacial score (nSPS) is 17.9. The second-order valence-corrected chi connectivity index (χ2v) is 7.76. The van der Waals surface area contributed by atoms with Gasteiger partial charge in [0, 0.05) is 39.1 Å². The number of piperidine rings is 1. The molecule has 2 heterocycles. The van der Waals surface area contributed by atoms with Gasteiger partial charge in [-0.15, -0.1) is 24.0 Å². The first-order valence-corrected chi connectivity index (χ1v) is 10.8. The SMILES string of the molecule is CCNC(=NCc1cccc(CN2CCCC2=O)c1)NCCN1CCCCC1.I. The number of halogens is 1. The van der Waals surface area contributed by atoms with Crippen molar-refractivity contribution in [3.8, 4) is 0 Å². The zero-order valence-corrected chi connectivity index (χ0v) is 20.0. The Hall–Kier alpha value is -1.35. The molecule has 1 aromatic carbocycles. The number of amides is 1. The fourth-order valence-corrected chi connectivity index (χ4v) is 3.95.